The van der Waals surface area contributed by atoms with Crippen molar-refractivity contribution in [1.29, 1.82) is 0 Å². The molecule has 3 heteroatoms. The maximum Gasteiger partial charge on any atom is 0.175 e. The lowest BCUT2D eigenvalue weighted by Gasteiger charge is -2.11. The summed E-state index contributed by atoms with van der Waals surface area (Å²) in [6.45, 7) is 0.942. The standard InChI is InChI=1S/C7H9ClO2/c1-2-4-9-7-6(8)3-5-10-7/h1,6-7H,3-5H2/t6-,7+/m1/s1. The van der Waals surface area contributed by atoms with Gasteiger partial charge in [-0.15, -0.1) is 18.0 Å². The van der Waals surface area contributed by atoms with Gasteiger partial charge in [0.15, 0.2) is 6.29 Å². The molecule has 0 spiro atoms. The normalized spacial score (nSPS) is 32.0. The third kappa shape index (κ3) is 1.88. The molecular weight excluding hydrogens is 152 g/mol. The van der Waals surface area contributed by atoms with Gasteiger partial charge in [0.25, 0.3) is 0 Å². The molecule has 0 N–H and O–H groups in total. The molecule has 1 aliphatic heterocycles. The second kappa shape index (κ2) is 3.82. The van der Waals surface area contributed by atoms with Crippen LogP contribution in [0.4, 0.5) is 0 Å². The number of hydrogen-bond donors (Lipinski definition) is 0. The number of hydrogen-bond acceptors (Lipinski definition) is 2. The van der Waals surface area contributed by atoms with E-state index >= 15 is 0 Å². The monoisotopic (exact) mass is 160 g/mol. The van der Waals surface area contributed by atoms with Crippen LogP contribution in [0.3, 0.4) is 0 Å². The molecule has 10 heavy (non-hydrogen) atoms. The summed E-state index contributed by atoms with van der Waals surface area (Å²) < 4.78 is 10.2. The molecule has 1 rings (SSSR count). The Balaban J connectivity index is 2.21. The molecule has 1 aliphatic rings. The second-order valence-corrected chi connectivity index (χ2v) is 2.62. The summed E-state index contributed by atoms with van der Waals surface area (Å²) in [7, 11) is 0. The van der Waals surface area contributed by atoms with Crippen LogP contribution < -0.4 is 0 Å². The largest absolute Gasteiger partial charge is 0.351 e. The topological polar surface area (TPSA) is 18.5 Å². The van der Waals surface area contributed by atoms with Crippen molar-refractivity contribution in [3.8, 4) is 12.3 Å². The van der Waals surface area contributed by atoms with Crippen molar-refractivity contribution in [2.24, 2.45) is 0 Å². The lowest BCUT2D eigenvalue weighted by atomic mass is 10.3. The van der Waals surface area contributed by atoms with Crippen LogP contribution in [0, 0.1) is 12.3 Å². The Morgan fingerprint density at radius 3 is 3.10 bits per heavy atom. The van der Waals surface area contributed by atoms with Crippen molar-refractivity contribution < 1.29 is 9.47 Å². The summed E-state index contributed by atoms with van der Waals surface area (Å²) in [6.07, 6.45) is 5.53. The van der Waals surface area contributed by atoms with Gasteiger partial charge in [-0.05, 0) is 6.42 Å². The smallest absolute Gasteiger partial charge is 0.175 e. The second-order valence-electron chi connectivity index (χ2n) is 2.06. The number of halogens is 1. The maximum absolute atomic E-state index is 5.80. The molecule has 2 atom stereocenters. The molecule has 0 unspecified atom stereocenters. The minimum absolute atomic E-state index is 0.0339. The summed E-state index contributed by atoms with van der Waals surface area (Å²) in [4.78, 5) is 0. The molecule has 0 saturated carbocycles. The van der Waals surface area contributed by atoms with Gasteiger partial charge in [-0.1, -0.05) is 5.92 Å². The van der Waals surface area contributed by atoms with Crippen molar-refractivity contribution in [3.05, 3.63) is 0 Å². The lowest BCUT2D eigenvalue weighted by Crippen LogP contribution is -2.19. The van der Waals surface area contributed by atoms with Crippen molar-refractivity contribution >= 4 is 11.6 Å². The van der Waals surface area contributed by atoms with Crippen LogP contribution in [0.15, 0.2) is 0 Å². The third-order valence-electron chi connectivity index (χ3n) is 1.30. The Hall–Kier alpha value is -0.230. The van der Waals surface area contributed by atoms with Gasteiger partial charge in [0.05, 0.1) is 12.0 Å². The predicted molar refractivity (Wildman–Crippen MR) is 38.8 cm³/mol. The first-order chi connectivity index (χ1) is 4.84. The molecule has 2 nitrogen and oxygen atoms in total. The van der Waals surface area contributed by atoms with Gasteiger partial charge in [0.1, 0.15) is 6.61 Å². The quantitative estimate of drug-likeness (QED) is 0.443. The van der Waals surface area contributed by atoms with E-state index in [1.807, 2.05) is 0 Å². The first-order valence-electron chi connectivity index (χ1n) is 3.15. The molecule has 0 radical (unpaired) electrons. The van der Waals surface area contributed by atoms with Gasteiger partial charge in [0, 0.05) is 0 Å². The Bertz CT molecular complexity index is 141. The Morgan fingerprint density at radius 1 is 1.80 bits per heavy atom. The van der Waals surface area contributed by atoms with Crippen LogP contribution in [0.1, 0.15) is 6.42 Å². The highest BCUT2D eigenvalue weighted by molar-refractivity contribution is 6.21. The Kier molecular flexibility index (Phi) is 3.01. The summed E-state index contributed by atoms with van der Waals surface area (Å²) in [5.74, 6) is 2.35. The predicted octanol–water partition coefficient (Wildman–Crippen LogP) is 0.990. The molecule has 0 aromatic carbocycles. The van der Waals surface area contributed by atoms with Crippen LogP contribution in [0.25, 0.3) is 0 Å². The third-order valence-corrected chi connectivity index (χ3v) is 1.73. The fourth-order valence-corrected chi connectivity index (χ4v) is 1.05. The van der Waals surface area contributed by atoms with E-state index in [-0.39, 0.29) is 18.3 Å². The number of terminal acetylenes is 1. The maximum atomic E-state index is 5.80. The van der Waals surface area contributed by atoms with Crippen molar-refractivity contribution in [3.63, 3.8) is 0 Å². The summed E-state index contributed by atoms with van der Waals surface area (Å²) >= 11 is 5.80. The van der Waals surface area contributed by atoms with E-state index in [4.69, 9.17) is 27.5 Å². The molecule has 1 saturated heterocycles. The lowest BCUT2D eigenvalue weighted by molar-refractivity contribution is -0.0978. The molecule has 56 valence electrons. The number of alkyl halides is 1. The fraction of sp³-hybridized carbons (Fsp3) is 0.714. The van der Waals surface area contributed by atoms with E-state index in [1.54, 1.807) is 0 Å². The summed E-state index contributed by atoms with van der Waals surface area (Å²) in [6, 6.07) is 0. The van der Waals surface area contributed by atoms with Crippen LogP contribution in [0.5, 0.6) is 0 Å². The summed E-state index contributed by atoms with van der Waals surface area (Å²) in [5.41, 5.74) is 0. The van der Waals surface area contributed by atoms with E-state index in [9.17, 15) is 0 Å². The molecule has 0 aromatic heterocycles. The van der Waals surface area contributed by atoms with Crippen molar-refractivity contribution in [2.75, 3.05) is 13.2 Å². The zero-order valence-corrected chi connectivity index (χ0v) is 6.30. The van der Waals surface area contributed by atoms with Gasteiger partial charge in [-0.3, -0.25) is 0 Å². The van der Waals surface area contributed by atoms with Crippen molar-refractivity contribution in [1.82, 2.24) is 0 Å². The molecule has 0 amide bonds. The molecule has 1 heterocycles. The zero-order chi connectivity index (χ0) is 7.40. The minimum atomic E-state index is -0.294. The highest BCUT2D eigenvalue weighted by atomic mass is 35.5. The highest BCUT2D eigenvalue weighted by Crippen LogP contribution is 2.19. The molecule has 0 aromatic rings. The zero-order valence-electron chi connectivity index (χ0n) is 5.55. The number of rotatable bonds is 2. The first kappa shape index (κ1) is 7.87. The highest BCUT2D eigenvalue weighted by Gasteiger charge is 2.26. The van der Waals surface area contributed by atoms with Gasteiger partial charge in [-0.25, -0.2) is 0 Å². The average Bonchev–Trinajstić information content (AvgIpc) is 2.31. The Labute approximate surface area is 65.5 Å². The summed E-state index contributed by atoms with van der Waals surface area (Å²) in [5, 5.41) is -0.0339. The van der Waals surface area contributed by atoms with E-state index in [1.165, 1.54) is 0 Å². The van der Waals surface area contributed by atoms with Crippen LogP contribution in [-0.4, -0.2) is 24.9 Å². The van der Waals surface area contributed by atoms with E-state index in [0.29, 0.717) is 6.61 Å². The van der Waals surface area contributed by atoms with Crippen molar-refractivity contribution in [2.45, 2.75) is 18.1 Å². The number of ether oxygens (including phenoxy) is 2. The first-order valence-corrected chi connectivity index (χ1v) is 3.59. The fourth-order valence-electron chi connectivity index (χ4n) is 0.820. The SMILES string of the molecule is C#CCO[C@H]1OCC[C@H]1Cl. The van der Waals surface area contributed by atoms with E-state index < -0.39 is 0 Å². The van der Waals surface area contributed by atoms with Crippen LogP contribution >= 0.6 is 11.6 Å². The Morgan fingerprint density at radius 2 is 2.60 bits per heavy atom. The molecule has 0 aliphatic carbocycles. The van der Waals surface area contributed by atoms with Crippen LogP contribution in [0.2, 0.25) is 0 Å². The van der Waals surface area contributed by atoms with Crippen LogP contribution in [-0.2, 0) is 9.47 Å². The van der Waals surface area contributed by atoms with E-state index in [0.717, 1.165) is 6.42 Å². The van der Waals surface area contributed by atoms with E-state index in [2.05, 4.69) is 5.92 Å². The minimum Gasteiger partial charge on any atom is -0.351 e. The van der Waals surface area contributed by atoms with Gasteiger partial charge in [0.2, 0.25) is 0 Å². The molecular formula is C7H9ClO2. The van der Waals surface area contributed by atoms with Gasteiger partial charge >= 0.3 is 0 Å². The van der Waals surface area contributed by atoms with Gasteiger partial charge < -0.3 is 9.47 Å². The molecule has 1 fully saturated rings. The average molecular weight is 161 g/mol. The van der Waals surface area contributed by atoms with Gasteiger partial charge in [-0.2, -0.15) is 0 Å². The molecule has 0 bridgehead atoms.